The molecule has 146 valence electrons. The molecule has 1 amide bonds. The van der Waals surface area contributed by atoms with E-state index in [1.165, 1.54) is 0 Å². The van der Waals surface area contributed by atoms with E-state index in [1.807, 2.05) is 42.6 Å². The zero-order chi connectivity index (χ0) is 19.3. The van der Waals surface area contributed by atoms with Crippen LogP contribution in [0.4, 0.5) is 0 Å². The van der Waals surface area contributed by atoms with Gasteiger partial charge in [-0.3, -0.25) is 9.78 Å². The molecule has 0 saturated carbocycles. The van der Waals surface area contributed by atoms with Gasteiger partial charge in [0, 0.05) is 36.8 Å². The molecular weight excluding hydrogens is 358 g/mol. The van der Waals surface area contributed by atoms with Crippen LogP contribution < -0.4 is 10.1 Å². The molecule has 0 saturated heterocycles. The smallest absolute Gasteiger partial charge is 0.230 e. The standard InChI is InChI=1S/C21H29N3O2S/c1-3-24(4-2)12-13-26-20-10-6-5-9-19(20)15-23-21(25)17-27-16-18-8-7-11-22-14-18/h5-11,14H,3-4,12-13,15-17H2,1-2H3,(H,23,25). The molecule has 0 atom stereocenters. The first kappa shape index (κ1) is 21.3. The molecule has 1 N–H and O–H groups in total. The number of nitrogens with one attached hydrogen (secondary N) is 1. The van der Waals surface area contributed by atoms with Gasteiger partial charge in [0.15, 0.2) is 0 Å². The van der Waals surface area contributed by atoms with Gasteiger partial charge in [0.1, 0.15) is 12.4 Å². The number of hydrogen-bond acceptors (Lipinski definition) is 5. The highest BCUT2D eigenvalue weighted by Gasteiger charge is 2.07. The molecule has 1 aromatic carbocycles. The maximum absolute atomic E-state index is 12.1. The number of rotatable bonds is 12. The van der Waals surface area contributed by atoms with Crippen LogP contribution in [0.25, 0.3) is 0 Å². The lowest BCUT2D eigenvalue weighted by Crippen LogP contribution is -2.28. The second-order valence-electron chi connectivity index (χ2n) is 6.11. The molecule has 2 rings (SSSR count). The third-order valence-electron chi connectivity index (χ3n) is 4.23. The lowest BCUT2D eigenvalue weighted by Gasteiger charge is -2.19. The molecular formula is C21H29N3O2S. The zero-order valence-electron chi connectivity index (χ0n) is 16.2. The van der Waals surface area contributed by atoms with Crippen LogP contribution in [0, 0.1) is 0 Å². The van der Waals surface area contributed by atoms with Crippen molar-refractivity contribution in [3.8, 4) is 5.75 Å². The Labute approximate surface area is 166 Å². The number of likely N-dealkylation sites (N-methyl/N-ethyl adjacent to an activating group) is 1. The number of benzene rings is 1. The molecule has 0 aliphatic rings. The summed E-state index contributed by atoms with van der Waals surface area (Å²) in [7, 11) is 0. The van der Waals surface area contributed by atoms with E-state index in [4.69, 9.17) is 4.74 Å². The Bertz CT molecular complexity index is 678. The van der Waals surface area contributed by atoms with Crippen molar-refractivity contribution >= 4 is 17.7 Å². The van der Waals surface area contributed by atoms with Crippen molar-refractivity contribution in [3.05, 3.63) is 59.9 Å². The second kappa shape index (κ2) is 12.4. The maximum atomic E-state index is 12.1. The summed E-state index contributed by atoms with van der Waals surface area (Å²) in [5.41, 5.74) is 2.13. The Morgan fingerprint density at radius 3 is 2.74 bits per heavy atom. The van der Waals surface area contributed by atoms with E-state index in [1.54, 1.807) is 18.0 Å². The third-order valence-corrected chi connectivity index (χ3v) is 5.24. The molecule has 0 bridgehead atoms. The summed E-state index contributed by atoms with van der Waals surface area (Å²) in [6.07, 6.45) is 3.58. The van der Waals surface area contributed by atoms with Crippen LogP contribution >= 0.6 is 11.8 Å². The van der Waals surface area contributed by atoms with Gasteiger partial charge in [-0.15, -0.1) is 11.8 Å². The summed E-state index contributed by atoms with van der Waals surface area (Å²) in [6, 6.07) is 11.8. The highest BCUT2D eigenvalue weighted by Crippen LogP contribution is 2.18. The summed E-state index contributed by atoms with van der Waals surface area (Å²) >= 11 is 1.59. The number of carbonyl (C=O) groups is 1. The molecule has 0 aliphatic heterocycles. The van der Waals surface area contributed by atoms with Gasteiger partial charge in [0.2, 0.25) is 5.91 Å². The molecule has 5 nitrogen and oxygen atoms in total. The number of thioether (sulfide) groups is 1. The van der Waals surface area contributed by atoms with E-state index >= 15 is 0 Å². The van der Waals surface area contributed by atoms with Gasteiger partial charge in [0.05, 0.1) is 5.75 Å². The summed E-state index contributed by atoms with van der Waals surface area (Å²) < 4.78 is 5.94. The Balaban J connectivity index is 1.73. The van der Waals surface area contributed by atoms with Crippen LogP contribution in [-0.2, 0) is 17.1 Å². The number of nitrogens with zero attached hydrogens (tertiary/aromatic N) is 2. The van der Waals surface area contributed by atoms with Crippen LogP contribution in [0.5, 0.6) is 5.75 Å². The quantitative estimate of drug-likeness (QED) is 0.605. The summed E-state index contributed by atoms with van der Waals surface area (Å²) in [6.45, 7) is 8.38. The summed E-state index contributed by atoms with van der Waals surface area (Å²) in [4.78, 5) is 18.5. The van der Waals surface area contributed by atoms with Crippen molar-refractivity contribution in [2.75, 3.05) is 32.0 Å². The lowest BCUT2D eigenvalue weighted by atomic mass is 10.2. The first-order valence-electron chi connectivity index (χ1n) is 9.39. The van der Waals surface area contributed by atoms with Gasteiger partial charge in [-0.25, -0.2) is 0 Å². The van der Waals surface area contributed by atoms with E-state index in [0.717, 1.165) is 42.3 Å². The Hall–Kier alpha value is -2.05. The predicted octanol–water partition coefficient (Wildman–Crippen LogP) is 3.35. The average molecular weight is 388 g/mol. The molecule has 6 heteroatoms. The molecule has 27 heavy (non-hydrogen) atoms. The molecule has 0 radical (unpaired) electrons. The lowest BCUT2D eigenvalue weighted by molar-refractivity contribution is -0.118. The van der Waals surface area contributed by atoms with Crippen LogP contribution in [0.2, 0.25) is 0 Å². The average Bonchev–Trinajstić information content (AvgIpc) is 2.71. The van der Waals surface area contributed by atoms with Crippen LogP contribution in [-0.4, -0.2) is 47.8 Å². The number of aromatic nitrogens is 1. The van der Waals surface area contributed by atoms with E-state index in [0.29, 0.717) is 18.9 Å². The molecule has 0 spiro atoms. The second-order valence-corrected chi connectivity index (χ2v) is 7.10. The molecule has 2 aromatic rings. The largest absolute Gasteiger partial charge is 0.492 e. The number of hydrogen-bond donors (Lipinski definition) is 1. The zero-order valence-corrected chi connectivity index (χ0v) is 17.0. The minimum absolute atomic E-state index is 0.0295. The Morgan fingerprint density at radius 2 is 2.00 bits per heavy atom. The summed E-state index contributed by atoms with van der Waals surface area (Å²) in [5.74, 6) is 2.08. The molecule has 0 unspecified atom stereocenters. The molecule has 1 heterocycles. The van der Waals surface area contributed by atoms with Crippen LogP contribution in [0.1, 0.15) is 25.0 Å². The van der Waals surface area contributed by atoms with Crippen molar-refractivity contribution in [1.29, 1.82) is 0 Å². The van der Waals surface area contributed by atoms with Crippen molar-refractivity contribution in [2.45, 2.75) is 26.1 Å². The van der Waals surface area contributed by atoms with Gasteiger partial charge in [-0.1, -0.05) is 38.1 Å². The molecule has 0 aliphatic carbocycles. The van der Waals surface area contributed by atoms with Crippen molar-refractivity contribution in [2.24, 2.45) is 0 Å². The van der Waals surface area contributed by atoms with Crippen LogP contribution in [0.15, 0.2) is 48.8 Å². The number of pyridine rings is 1. The topological polar surface area (TPSA) is 54.5 Å². The predicted molar refractivity (Wildman–Crippen MR) is 112 cm³/mol. The highest BCUT2D eigenvalue weighted by atomic mass is 32.2. The fraction of sp³-hybridized carbons (Fsp3) is 0.429. The van der Waals surface area contributed by atoms with Crippen molar-refractivity contribution in [3.63, 3.8) is 0 Å². The fourth-order valence-corrected chi connectivity index (χ4v) is 3.40. The third kappa shape index (κ3) is 8.01. The Morgan fingerprint density at radius 1 is 1.19 bits per heavy atom. The van der Waals surface area contributed by atoms with E-state index in [-0.39, 0.29) is 5.91 Å². The highest BCUT2D eigenvalue weighted by molar-refractivity contribution is 7.99. The number of amides is 1. The minimum Gasteiger partial charge on any atom is -0.492 e. The van der Waals surface area contributed by atoms with Crippen molar-refractivity contribution < 1.29 is 9.53 Å². The molecule has 0 fully saturated rings. The summed E-state index contributed by atoms with van der Waals surface area (Å²) in [5, 5.41) is 2.98. The van der Waals surface area contributed by atoms with Gasteiger partial charge in [-0.05, 0) is 30.8 Å². The van der Waals surface area contributed by atoms with Gasteiger partial charge in [0.25, 0.3) is 0 Å². The first-order chi connectivity index (χ1) is 13.2. The van der Waals surface area contributed by atoms with Crippen molar-refractivity contribution in [1.82, 2.24) is 15.2 Å². The normalized spacial score (nSPS) is 10.8. The first-order valence-corrected chi connectivity index (χ1v) is 10.5. The minimum atomic E-state index is 0.0295. The number of ether oxygens (including phenoxy) is 1. The van der Waals surface area contributed by atoms with Gasteiger partial charge < -0.3 is 15.0 Å². The SMILES string of the molecule is CCN(CC)CCOc1ccccc1CNC(=O)CSCc1cccnc1. The van der Waals surface area contributed by atoms with E-state index in [2.05, 4.69) is 29.0 Å². The monoisotopic (exact) mass is 387 g/mol. The van der Waals surface area contributed by atoms with Crippen LogP contribution in [0.3, 0.4) is 0 Å². The van der Waals surface area contributed by atoms with E-state index < -0.39 is 0 Å². The number of carbonyl (C=O) groups excluding carboxylic acids is 1. The fourth-order valence-electron chi connectivity index (χ4n) is 2.61. The Kier molecular flexibility index (Phi) is 9.73. The van der Waals surface area contributed by atoms with Gasteiger partial charge in [-0.2, -0.15) is 0 Å². The van der Waals surface area contributed by atoms with Gasteiger partial charge >= 0.3 is 0 Å². The maximum Gasteiger partial charge on any atom is 0.230 e. The number of para-hydroxylation sites is 1. The van der Waals surface area contributed by atoms with E-state index in [9.17, 15) is 4.79 Å². The molecule has 1 aromatic heterocycles.